The van der Waals surface area contributed by atoms with Crippen LogP contribution in [-0.4, -0.2) is 29.3 Å². The minimum atomic E-state index is -0.371. The number of aromatic hydroxyl groups is 2. The van der Waals surface area contributed by atoms with Crippen LogP contribution in [0.1, 0.15) is 15.9 Å². The Labute approximate surface area is 133 Å². The predicted molar refractivity (Wildman–Crippen MR) is 85.2 cm³/mol. The first kappa shape index (κ1) is 14.8. The normalized spacial score (nSPS) is 13.0. The van der Waals surface area contributed by atoms with Gasteiger partial charge in [0.15, 0.2) is 6.61 Å². The first-order chi connectivity index (χ1) is 11.1. The topological polar surface area (TPSA) is 90.8 Å². The SMILES string of the molecule is O=C(COc1ccccc1C1=CNCN1)c1ccc(O)cc1O. The molecule has 3 rings (SSSR count). The molecule has 118 valence electrons. The van der Waals surface area contributed by atoms with E-state index in [1.165, 1.54) is 12.1 Å². The minimum absolute atomic E-state index is 0.0999. The van der Waals surface area contributed by atoms with Crippen LogP contribution in [0, 0.1) is 0 Å². The molecule has 4 N–H and O–H groups in total. The van der Waals surface area contributed by atoms with Crippen LogP contribution < -0.4 is 15.4 Å². The van der Waals surface area contributed by atoms with Crippen LogP contribution in [-0.2, 0) is 0 Å². The number of benzene rings is 2. The van der Waals surface area contributed by atoms with Crippen molar-refractivity contribution in [1.29, 1.82) is 0 Å². The molecule has 0 fully saturated rings. The highest BCUT2D eigenvalue weighted by Gasteiger charge is 2.15. The Morgan fingerprint density at radius 3 is 2.74 bits per heavy atom. The second kappa shape index (κ2) is 6.31. The van der Waals surface area contributed by atoms with Crippen molar-refractivity contribution in [3.05, 3.63) is 59.8 Å². The zero-order valence-electron chi connectivity index (χ0n) is 12.2. The Morgan fingerprint density at radius 2 is 2.00 bits per heavy atom. The van der Waals surface area contributed by atoms with E-state index < -0.39 is 0 Å². The number of ether oxygens (including phenoxy) is 1. The lowest BCUT2D eigenvalue weighted by Crippen LogP contribution is -2.15. The van der Waals surface area contributed by atoms with Gasteiger partial charge in [0.25, 0.3) is 0 Å². The molecule has 2 aromatic carbocycles. The number of phenolic OH excluding ortho intramolecular Hbond substituents is 2. The molecule has 6 heteroatoms. The van der Waals surface area contributed by atoms with Gasteiger partial charge in [-0.2, -0.15) is 0 Å². The second-order valence-electron chi connectivity index (χ2n) is 5.03. The smallest absolute Gasteiger partial charge is 0.203 e. The Balaban J connectivity index is 1.74. The summed E-state index contributed by atoms with van der Waals surface area (Å²) in [5, 5.41) is 25.2. The third-order valence-corrected chi connectivity index (χ3v) is 3.45. The van der Waals surface area contributed by atoms with Crippen molar-refractivity contribution < 1.29 is 19.7 Å². The number of hydrogen-bond donors (Lipinski definition) is 4. The van der Waals surface area contributed by atoms with Crippen LogP contribution in [0.3, 0.4) is 0 Å². The number of hydrogen-bond acceptors (Lipinski definition) is 6. The van der Waals surface area contributed by atoms with E-state index in [1.54, 1.807) is 6.07 Å². The molecule has 0 amide bonds. The lowest BCUT2D eigenvalue weighted by atomic mass is 10.1. The molecule has 1 aliphatic rings. The average molecular weight is 312 g/mol. The summed E-state index contributed by atoms with van der Waals surface area (Å²) >= 11 is 0. The van der Waals surface area contributed by atoms with Crippen molar-refractivity contribution in [2.24, 2.45) is 0 Å². The Hall–Kier alpha value is -3.15. The maximum absolute atomic E-state index is 12.2. The highest BCUT2D eigenvalue weighted by Crippen LogP contribution is 2.26. The number of carbonyl (C=O) groups excluding carboxylic acids is 1. The molecular weight excluding hydrogens is 296 g/mol. The van der Waals surface area contributed by atoms with Crippen LogP contribution in [0.4, 0.5) is 0 Å². The van der Waals surface area contributed by atoms with E-state index in [4.69, 9.17) is 4.74 Å². The van der Waals surface area contributed by atoms with Gasteiger partial charge >= 0.3 is 0 Å². The first-order valence-corrected chi connectivity index (χ1v) is 7.10. The zero-order chi connectivity index (χ0) is 16.2. The number of phenols is 2. The molecule has 0 radical (unpaired) electrons. The molecule has 0 aromatic heterocycles. The largest absolute Gasteiger partial charge is 0.508 e. The third-order valence-electron chi connectivity index (χ3n) is 3.45. The summed E-state index contributed by atoms with van der Waals surface area (Å²) < 4.78 is 5.62. The van der Waals surface area contributed by atoms with Gasteiger partial charge < -0.3 is 25.6 Å². The minimum Gasteiger partial charge on any atom is -0.508 e. The molecule has 1 heterocycles. The summed E-state index contributed by atoms with van der Waals surface area (Å²) in [5.74, 6) is -0.168. The number of nitrogens with one attached hydrogen (secondary N) is 2. The molecule has 6 nitrogen and oxygen atoms in total. The van der Waals surface area contributed by atoms with E-state index in [2.05, 4.69) is 10.6 Å². The van der Waals surface area contributed by atoms with Crippen LogP contribution >= 0.6 is 0 Å². The van der Waals surface area contributed by atoms with E-state index >= 15 is 0 Å². The van der Waals surface area contributed by atoms with Crippen molar-refractivity contribution in [3.63, 3.8) is 0 Å². The summed E-state index contributed by atoms with van der Waals surface area (Å²) in [7, 11) is 0. The van der Waals surface area contributed by atoms with Crippen molar-refractivity contribution in [1.82, 2.24) is 10.6 Å². The fourth-order valence-electron chi connectivity index (χ4n) is 2.32. The van der Waals surface area contributed by atoms with Gasteiger partial charge in [-0.25, -0.2) is 0 Å². The Bertz CT molecular complexity index is 771. The quantitative estimate of drug-likeness (QED) is 0.630. The van der Waals surface area contributed by atoms with E-state index in [1.807, 2.05) is 24.4 Å². The number of para-hydroxylation sites is 1. The van der Waals surface area contributed by atoms with E-state index in [9.17, 15) is 15.0 Å². The van der Waals surface area contributed by atoms with Crippen LogP contribution in [0.2, 0.25) is 0 Å². The first-order valence-electron chi connectivity index (χ1n) is 7.10. The van der Waals surface area contributed by atoms with E-state index in [0.717, 1.165) is 17.3 Å². The van der Waals surface area contributed by atoms with Crippen molar-refractivity contribution in [2.45, 2.75) is 0 Å². The number of rotatable bonds is 5. The van der Waals surface area contributed by atoms with Crippen LogP contribution in [0.15, 0.2) is 48.7 Å². The van der Waals surface area contributed by atoms with Gasteiger partial charge in [0.05, 0.1) is 17.9 Å². The summed E-state index contributed by atoms with van der Waals surface area (Å²) in [5.41, 5.74) is 1.85. The van der Waals surface area contributed by atoms with Gasteiger partial charge in [0.2, 0.25) is 5.78 Å². The average Bonchev–Trinajstić information content (AvgIpc) is 3.07. The number of carbonyl (C=O) groups is 1. The highest BCUT2D eigenvalue weighted by atomic mass is 16.5. The molecule has 0 saturated carbocycles. The van der Waals surface area contributed by atoms with Gasteiger partial charge in [0.1, 0.15) is 17.2 Å². The summed E-state index contributed by atoms with van der Waals surface area (Å²) in [6.07, 6.45) is 1.84. The van der Waals surface area contributed by atoms with Crippen molar-refractivity contribution >= 4 is 11.5 Å². The van der Waals surface area contributed by atoms with Crippen molar-refractivity contribution in [2.75, 3.05) is 13.3 Å². The Kier molecular flexibility index (Phi) is 4.05. The van der Waals surface area contributed by atoms with Gasteiger partial charge in [-0.1, -0.05) is 12.1 Å². The second-order valence-corrected chi connectivity index (χ2v) is 5.03. The standard InChI is InChI=1S/C17H16N2O4/c20-11-5-6-13(15(21)7-11)16(22)9-23-17-4-2-1-3-12(17)14-8-18-10-19-14/h1-8,18-21H,9-10H2. The monoisotopic (exact) mass is 312 g/mol. The summed E-state index contributed by atoms with van der Waals surface area (Å²) in [6, 6.07) is 11.2. The lowest BCUT2D eigenvalue weighted by molar-refractivity contribution is 0.0918. The van der Waals surface area contributed by atoms with Gasteiger partial charge in [-0.15, -0.1) is 0 Å². The zero-order valence-corrected chi connectivity index (χ0v) is 12.2. The molecule has 0 unspecified atom stereocenters. The molecule has 0 saturated heterocycles. The third kappa shape index (κ3) is 3.21. The molecule has 0 aliphatic carbocycles. The van der Waals surface area contributed by atoms with Gasteiger partial charge in [-0.3, -0.25) is 4.79 Å². The molecule has 0 bridgehead atoms. The molecule has 2 aromatic rings. The maximum atomic E-state index is 12.2. The van der Waals surface area contributed by atoms with Crippen molar-refractivity contribution in [3.8, 4) is 17.2 Å². The fourth-order valence-corrected chi connectivity index (χ4v) is 2.32. The summed E-state index contributed by atoms with van der Waals surface area (Å²) in [4.78, 5) is 12.2. The predicted octanol–water partition coefficient (Wildman–Crippen LogP) is 1.81. The Morgan fingerprint density at radius 1 is 1.17 bits per heavy atom. The molecule has 0 atom stereocenters. The maximum Gasteiger partial charge on any atom is 0.203 e. The van der Waals surface area contributed by atoms with Gasteiger partial charge in [0, 0.05) is 17.8 Å². The van der Waals surface area contributed by atoms with E-state index in [-0.39, 0.29) is 29.5 Å². The number of Topliss-reactive ketones (excluding diaryl/α,β-unsaturated/α-hetero) is 1. The number of ketones is 1. The van der Waals surface area contributed by atoms with Crippen LogP contribution in [0.5, 0.6) is 17.2 Å². The fraction of sp³-hybridized carbons (Fsp3) is 0.118. The van der Waals surface area contributed by atoms with Gasteiger partial charge in [-0.05, 0) is 24.3 Å². The van der Waals surface area contributed by atoms with E-state index in [0.29, 0.717) is 12.4 Å². The highest BCUT2D eigenvalue weighted by molar-refractivity contribution is 5.99. The lowest BCUT2D eigenvalue weighted by Gasteiger charge is -2.12. The molecular formula is C17H16N2O4. The summed E-state index contributed by atoms with van der Waals surface area (Å²) in [6.45, 7) is 0.431. The molecule has 1 aliphatic heterocycles. The van der Waals surface area contributed by atoms with Crippen LogP contribution in [0.25, 0.3) is 5.70 Å². The molecule has 0 spiro atoms. The molecule has 23 heavy (non-hydrogen) atoms.